The molecule has 0 unspecified atom stereocenters. The van der Waals surface area contributed by atoms with Crippen molar-refractivity contribution in [2.75, 3.05) is 7.05 Å². The molecule has 0 rings (SSSR count). The lowest BCUT2D eigenvalue weighted by molar-refractivity contribution is 0.799. The van der Waals surface area contributed by atoms with Crippen LogP contribution in [0.5, 0.6) is 0 Å². The van der Waals surface area contributed by atoms with Crippen LogP contribution in [0.3, 0.4) is 0 Å². The summed E-state index contributed by atoms with van der Waals surface area (Å²) in [4.78, 5) is 0. The van der Waals surface area contributed by atoms with Crippen LogP contribution in [0.2, 0.25) is 19.6 Å². The smallest absolute Gasteiger partial charge is 0.125 e. The zero-order valence-electron chi connectivity index (χ0n) is 6.99. The Kier molecular flexibility index (Phi) is 4.51. The van der Waals surface area contributed by atoms with E-state index in [9.17, 15) is 0 Å². The standard InChI is InChI=1S/C5H15Cl2NSi2/c1-8(9-5(6)7)10(2,3)4/h5H,9H2,1-4H3. The van der Waals surface area contributed by atoms with Gasteiger partial charge in [-0.15, -0.1) is 23.2 Å². The first-order valence-corrected chi connectivity index (χ1v) is 9.10. The van der Waals surface area contributed by atoms with Gasteiger partial charge in [-0.3, -0.25) is 0 Å². The normalized spacial score (nSPS) is 14.4. The Labute approximate surface area is 76.7 Å². The van der Waals surface area contributed by atoms with Gasteiger partial charge in [0, 0.05) is 0 Å². The van der Waals surface area contributed by atoms with Gasteiger partial charge in [-0.2, -0.15) is 0 Å². The highest BCUT2D eigenvalue weighted by Gasteiger charge is 2.21. The second-order valence-electron chi connectivity index (χ2n) is 3.44. The summed E-state index contributed by atoms with van der Waals surface area (Å²) in [7, 11) is 0.630. The molecule has 0 aromatic carbocycles. The molecule has 0 aliphatic carbocycles. The van der Waals surface area contributed by atoms with E-state index in [1.807, 2.05) is 0 Å². The van der Waals surface area contributed by atoms with Gasteiger partial charge >= 0.3 is 0 Å². The highest BCUT2D eigenvalue weighted by atomic mass is 35.5. The Balaban J connectivity index is 3.73. The Bertz CT molecular complexity index is 102. The average Bonchev–Trinajstić information content (AvgIpc) is 1.60. The molecule has 10 heavy (non-hydrogen) atoms. The van der Waals surface area contributed by atoms with Crippen molar-refractivity contribution in [1.82, 2.24) is 4.23 Å². The number of hydrogen-bond donors (Lipinski definition) is 0. The summed E-state index contributed by atoms with van der Waals surface area (Å²) in [6.07, 6.45) is 0. The molecule has 5 heteroatoms. The molecule has 62 valence electrons. The molecule has 0 aromatic heterocycles. The third kappa shape index (κ3) is 4.74. The number of hydrogen-bond acceptors (Lipinski definition) is 1. The van der Waals surface area contributed by atoms with Crippen LogP contribution < -0.4 is 0 Å². The van der Waals surface area contributed by atoms with E-state index in [4.69, 9.17) is 23.2 Å². The summed E-state index contributed by atoms with van der Waals surface area (Å²) in [5.41, 5.74) is 0. The minimum atomic E-state index is -1.10. The molecule has 0 atom stereocenters. The minimum Gasteiger partial charge on any atom is -0.351 e. The quantitative estimate of drug-likeness (QED) is 0.511. The van der Waals surface area contributed by atoms with E-state index in [2.05, 4.69) is 30.9 Å². The van der Waals surface area contributed by atoms with Crippen LogP contribution in [0.1, 0.15) is 0 Å². The van der Waals surface area contributed by atoms with Crippen molar-refractivity contribution in [3.8, 4) is 0 Å². The Morgan fingerprint density at radius 1 is 1.30 bits per heavy atom. The summed E-state index contributed by atoms with van der Waals surface area (Å²) in [6.45, 7) is 6.91. The molecule has 0 saturated carbocycles. The van der Waals surface area contributed by atoms with Crippen LogP contribution in [0.15, 0.2) is 0 Å². The van der Waals surface area contributed by atoms with E-state index in [1.165, 1.54) is 0 Å². The summed E-state index contributed by atoms with van der Waals surface area (Å²) in [5.74, 6) is 0. The van der Waals surface area contributed by atoms with Gasteiger partial charge in [0.2, 0.25) is 0 Å². The molecule has 0 bridgehead atoms. The molecule has 0 spiro atoms. The van der Waals surface area contributed by atoms with Crippen LogP contribution in [-0.4, -0.2) is 33.7 Å². The van der Waals surface area contributed by atoms with Crippen LogP contribution in [0, 0.1) is 0 Å². The fourth-order valence-electron chi connectivity index (χ4n) is 0.481. The number of alkyl halides is 2. The molecule has 0 amide bonds. The van der Waals surface area contributed by atoms with Crippen molar-refractivity contribution < 1.29 is 0 Å². The SMILES string of the molecule is CN([SiH2]C(Cl)Cl)[Si](C)(C)C. The van der Waals surface area contributed by atoms with Crippen molar-refractivity contribution in [1.29, 1.82) is 0 Å². The fourth-order valence-corrected chi connectivity index (χ4v) is 5.57. The lowest BCUT2D eigenvalue weighted by Crippen LogP contribution is -2.47. The maximum absolute atomic E-state index is 5.69. The van der Waals surface area contributed by atoms with Gasteiger partial charge in [-0.25, -0.2) is 0 Å². The van der Waals surface area contributed by atoms with Crippen molar-refractivity contribution in [2.45, 2.75) is 24.1 Å². The van der Waals surface area contributed by atoms with Crippen LogP contribution in [0.4, 0.5) is 0 Å². The van der Waals surface area contributed by atoms with Crippen molar-refractivity contribution in [3.05, 3.63) is 0 Å². The van der Waals surface area contributed by atoms with Gasteiger partial charge < -0.3 is 4.23 Å². The second kappa shape index (κ2) is 4.11. The molecule has 0 radical (unpaired) electrons. The highest BCUT2D eigenvalue weighted by Crippen LogP contribution is 2.09. The van der Waals surface area contributed by atoms with Gasteiger partial charge in [0.25, 0.3) is 0 Å². The predicted octanol–water partition coefficient (Wildman–Crippen LogP) is 1.60. The lowest BCUT2D eigenvalue weighted by atomic mass is 11.6. The molecule has 0 aliphatic rings. The third-order valence-electron chi connectivity index (χ3n) is 1.56. The topological polar surface area (TPSA) is 3.24 Å². The Morgan fingerprint density at radius 2 is 1.70 bits per heavy atom. The van der Waals surface area contributed by atoms with E-state index >= 15 is 0 Å². The molecule has 0 saturated heterocycles. The molecule has 0 heterocycles. The van der Waals surface area contributed by atoms with Crippen LogP contribution in [-0.2, 0) is 0 Å². The van der Waals surface area contributed by atoms with Crippen molar-refractivity contribution >= 4 is 41.1 Å². The van der Waals surface area contributed by atoms with E-state index in [0.29, 0.717) is 0 Å². The fraction of sp³-hybridized carbons (Fsp3) is 1.00. The first kappa shape index (κ1) is 11.0. The second-order valence-corrected chi connectivity index (χ2v) is 13.6. The first-order chi connectivity index (χ1) is 4.34. The monoisotopic (exact) mass is 215 g/mol. The van der Waals surface area contributed by atoms with E-state index in [-0.39, 0.29) is 4.46 Å². The van der Waals surface area contributed by atoms with Gasteiger partial charge in [0.15, 0.2) is 0 Å². The predicted molar refractivity (Wildman–Crippen MR) is 55.1 cm³/mol. The third-order valence-corrected chi connectivity index (χ3v) is 8.89. The van der Waals surface area contributed by atoms with E-state index < -0.39 is 17.9 Å². The molecule has 0 fully saturated rings. The molecular weight excluding hydrogens is 201 g/mol. The molecule has 0 aromatic rings. The number of nitrogens with zero attached hydrogens (tertiary/aromatic N) is 1. The van der Waals surface area contributed by atoms with E-state index in [1.54, 1.807) is 0 Å². The van der Waals surface area contributed by atoms with Crippen LogP contribution >= 0.6 is 23.2 Å². The lowest BCUT2D eigenvalue weighted by Gasteiger charge is -2.30. The Morgan fingerprint density at radius 3 is 1.80 bits per heavy atom. The molecular formula is C5H15Cl2NSi2. The zero-order chi connectivity index (χ0) is 8.36. The Hall–Kier alpha value is 0.974. The van der Waals surface area contributed by atoms with Gasteiger partial charge in [-0.05, 0) is 7.05 Å². The number of rotatable bonds is 3. The molecule has 1 nitrogen and oxygen atoms in total. The van der Waals surface area contributed by atoms with Gasteiger partial charge in [-0.1, -0.05) is 19.6 Å². The van der Waals surface area contributed by atoms with Crippen LogP contribution in [0.25, 0.3) is 0 Å². The first-order valence-electron chi connectivity index (χ1n) is 3.33. The largest absolute Gasteiger partial charge is 0.351 e. The summed E-state index contributed by atoms with van der Waals surface area (Å²) in [6, 6.07) is 0. The van der Waals surface area contributed by atoms with E-state index in [0.717, 1.165) is 0 Å². The summed E-state index contributed by atoms with van der Waals surface area (Å²) >= 11 is 11.4. The van der Waals surface area contributed by atoms with Crippen molar-refractivity contribution in [2.24, 2.45) is 0 Å². The summed E-state index contributed by atoms with van der Waals surface area (Å²) in [5, 5.41) is 0. The summed E-state index contributed by atoms with van der Waals surface area (Å²) < 4.78 is 2.29. The molecule has 0 N–H and O–H groups in total. The van der Waals surface area contributed by atoms with Gasteiger partial charge in [0.1, 0.15) is 22.4 Å². The molecule has 0 aliphatic heterocycles. The van der Waals surface area contributed by atoms with Crippen molar-refractivity contribution in [3.63, 3.8) is 0 Å². The average molecular weight is 216 g/mol. The minimum absolute atomic E-state index is 0.114. The number of halogens is 2. The maximum Gasteiger partial charge on any atom is 0.125 e. The highest BCUT2D eigenvalue weighted by molar-refractivity contribution is 6.82. The zero-order valence-corrected chi connectivity index (χ0v) is 10.9. The van der Waals surface area contributed by atoms with Gasteiger partial charge in [0.05, 0.1) is 0 Å². The maximum atomic E-state index is 5.69.